The van der Waals surface area contributed by atoms with Crippen molar-refractivity contribution in [2.24, 2.45) is 11.0 Å². The number of carbonyl (C=O) groups excluding carboxylic acids is 1. The summed E-state index contributed by atoms with van der Waals surface area (Å²) in [5, 5.41) is 6.75. The van der Waals surface area contributed by atoms with Gasteiger partial charge in [0, 0.05) is 16.4 Å². The lowest BCUT2D eigenvalue weighted by atomic mass is 9.79. The van der Waals surface area contributed by atoms with Crippen molar-refractivity contribution in [2.45, 2.75) is 31.0 Å². The van der Waals surface area contributed by atoms with Gasteiger partial charge in [-0.05, 0) is 58.6 Å². The lowest BCUT2D eigenvalue weighted by molar-refractivity contribution is -0.111. The first-order valence-corrected chi connectivity index (χ1v) is 16.7. The molecule has 1 unspecified atom stereocenters. The first-order valence-electron chi connectivity index (χ1n) is 16.7. The van der Waals surface area contributed by atoms with Gasteiger partial charge in [0.1, 0.15) is 29.5 Å². The fourth-order valence-corrected chi connectivity index (χ4v) is 6.70. The molecule has 1 saturated heterocycles. The number of anilines is 1. The largest absolute Gasteiger partial charge is 0.497 e. The summed E-state index contributed by atoms with van der Waals surface area (Å²) in [5.74, 6) is 1.03. The summed E-state index contributed by atoms with van der Waals surface area (Å²) in [4.78, 5) is 29.7. The molecule has 0 spiro atoms. The van der Waals surface area contributed by atoms with Gasteiger partial charge in [-0.15, -0.1) is 0 Å². The van der Waals surface area contributed by atoms with Crippen molar-refractivity contribution in [3.8, 4) is 11.5 Å². The van der Waals surface area contributed by atoms with Gasteiger partial charge in [-0.25, -0.2) is 15.0 Å². The molecular weight excluding hydrogens is 660 g/mol. The number of azide groups is 1. The molecule has 13 heteroatoms. The number of benzene rings is 4. The van der Waals surface area contributed by atoms with Gasteiger partial charge in [0.2, 0.25) is 0 Å². The van der Waals surface area contributed by atoms with Crippen LogP contribution in [-0.2, 0) is 15.1 Å². The SMILES string of the molecule is COc1ccc(C(O[C@@H]2[C@H](C)C(CN=[N+]=[N-])O[C@H]2n2cnc3c(NC(=O)c4ccccc4)ncnc32)(c2ccccc2)c2ccc(OC)cc2)cc1. The van der Waals surface area contributed by atoms with E-state index in [-0.39, 0.29) is 24.2 Å². The first kappa shape index (κ1) is 34.2. The molecule has 1 aliphatic rings. The zero-order valence-corrected chi connectivity index (χ0v) is 28.7. The van der Waals surface area contributed by atoms with Gasteiger partial charge in [-0.3, -0.25) is 9.36 Å². The van der Waals surface area contributed by atoms with Gasteiger partial charge >= 0.3 is 0 Å². The third-order valence-corrected chi connectivity index (χ3v) is 9.41. The number of nitrogens with zero attached hydrogens (tertiary/aromatic N) is 7. The second-order valence-electron chi connectivity index (χ2n) is 12.3. The smallest absolute Gasteiger partial charge is 0.256 e. The molecule has 3 heterocycles. The molecule has 1 N–H and O–H groups in total. The molecule has 1 amide bonds. The highest BCUT2D eigenvalue weighted by Crippen LogP contribution is 2.48. The highest BCUT2D eigenvalue weighted by Gasteiger charge is 2.50. The number of ether oxygens (including phenoxy) is 4. The Kier molecular flexibility index (Phi) is 9.81. The highest BCUT2D eigenvalue weighted by molar-refractivity contribution is 6.06. The van der Waals surface area contributed by atoms with Crippen LogP contribution in [-0.4, -0.2) is 58.4 Å². The molecule has 52 heavy (non-hydrogen) atoms. The highest BCUT2D eigenvalue weighted by atomic mass is 16.6. The Bertz CT molecular complexity index is 2140. The zero-order valence-electron chi connectivity index (χ0n) is 28.7. The third-order valence-electron chi connectivity index (χ3n) is 9.41. The number of rotatable bonds is 12. The molecule has 1 aliphatic heterocycles. The Labute approximate surface area is 299 Å². The molecule has 2 aromatic heterocycles. The topological polar surface area (TPSA) is 158 Å². The average Bonchev–Trinajstić information content (AvgIpc) is 3.77. The summed E-state index contributed by atoms with van der Waals surface area (Å²) in [6, 6.07) is 34.4. The van der Waals surface area contributed by atoms with Crippen molar-refractivity contribution in [1.82, 2.24) is 19.5 Å². The molecule has 0 radical (unpaired) electrons. The van der Waals surface area contributed by atoms with Crippen LogP contribution in [0.15, 0.2) is 127 Å². The van der Waals surface area contributed by atoms with Gasteiger partial charge in [-0.1, -0.05) is 84.8 Å². The van der Waals surface area contributed by atoms with Gasteiger partial charge in [-0.2, -0.15) is 0 Å². The fraction of sp³-hybridized carbons (Fsp3) is 0.231. The molecule has 262 valence electrons. The van der Waals surface area contributed by atoms with E-state index in [2.05, 4.69) is 30.3 Å². The van der Waals surface area contributed by atoms with Crippen LogP contribution in [0.2, 0.25) is 0 Å². The molecule has 13 nitrogen and oxygen atoms in total. The lowest BCUT2D eigenvalue weighted by Crippen LogP contribution is -2.41. The van der Waals surface area contributed by atoms with Crippen molar-refractivity contribution in [3.63, 3.8) is 0 Å². The Morgan fingerprint density at radius 2 is 1.46 bits per heavy atom. The summed E-state index contributed by atoms with van der Waals surface area (Å²) in [6.07, 6.45) is 1.02. The lowest BCUT2D eigenvalue weighted by Gasteiger charge is -2.40. The minimum absolute atomic E-state index is 0.0808. The van der Waals surface area contributed by atoms with Crippen molar-refractivity contribution in [2.75, 3.05) is 26.1 Å². The fourth-order valence-electron chi connectivity index (χ4n) is 6.70. The van der Waals surface area contributed by atoms with Crippen molar-refractivity contribution in [1.29, 1.82) is 0 Å². The standard InChI is InChI=1S/C39H36N8O5/c1-25-32(22-44-46-40)51-38(47-24-43-33-35(41-23-42-36(33)47)45-37(48)26-10-6-4-7-11-26)34(25)52-39(27-12-8-5-9-13-27,28-14-18-30(49-2)19-15-28)29-16-20-31(50-3)21-17-29/h4-21,23-25,32,34,38H,22H2,1-3H3,(H,41,42,45,48)/t25-,32?,34-,38-/m1/s1. The summed E-state index contributed by atoms with van der Waals surface area (Å²) in [7, 11) is 3.26. The van der Waals surface area contributed by atoms with Crippen LogP contribution < -0.4 is 14.8 Å². The summed E-state index contributed by atoms with van der Waals surface area (Å²) in [6.45, 7) is 2.09. The van der Waals surface area contributed by atoms with Gasteiger partial charge < -0.3 is 24.3 Å². The number of nitrogens with one attached hydrogen (secondary N) is 1. The number of fused-ring (bicyclic) bond motifs is 1. The zero-order chi connectivity index (χ0) is 36.1. The van der Waals surface area contributed by atoms with E-state index in [0.29, 0.717) is 28.2 Å². The van der Waals surface area contributed by atoms with E-state index in [9.17, 15) is 10.3 Å². The van der Waals surface area contributed by atoms with Crippen LogP contribution in [0.1, 0.15) is 40.2 Å². The minimum atomic E-state index is -1.17. The van der Waals surface area contributed by atoms with Crippen LogP contribution >= 0.6 is 0 Å². The van der Waals surface area contributed by atoms with E-state index in [1.54, 1.807) is 49.4 Å². The Balaban J connectivity index is 1.37. The Morgan fingerprint density at radius 1 is 0.865 bits per heavy atom. The van der Waals surface area contributed by atoms with E-state index >= 15 is 0 Å². The van der Waals surface area contributed by atoms with Crippen LogP contribution in [0, 0.1) is 5.92 Å². The molecule has 0 bridgehead atoms. The molecule has 6 aromatic rings. The molecule has 4 aromatic carbocycles. The summed E-state index contributed by atoms with van der Waals surface area (Å²) < 4.78 is 27.1. The number of carbonyl (C=O) groups is 1. The predicted octanol–water partition coefficient (Wildman–Crippen LogP) is 7.32. The van der Waals surface area contributed by atoms with Gasteiger partial charge in [0.25, 0.3) is 5.91 Å². The Morgan fingerprint density at radius 3 is 2.06 bits per heavy atom. The van der Waals surface area contributed by atoms with Gasteiger partial charge in [0.05, 0.1) is 33.2 Å². The normalized spacial score (nSPS) is 18.4. The van der Waals surface area contributed by atoms with Crippen molar-refractivity contribution in [3.05, 3.63) is 155 Å². The number of hydrogen-bond acceptors (Lipinski definition) is 9. The van der Waals surface area contributed by atoms with E-state index in [4.69, 9.17) is 18.9 Å². The van der Waals surface area contributed by atoms with E-state index in [1.165, 1.54) is 6.33 Å². The minimum Gasteiger partial charge on any atom is -0.497 e. The molecular formula is C39H36N8O5. The monoisotopic (exact) mass is 696 g/mol. The van der Waals surface area contributed by atoms with Crippen molar-refractivity contribution >= 4 is 22.9 Å². The number of hydrogen-bond donors (Lipinski definition) is 1. The second-order valence-corrected chi connectivity index (χ2v) is 12.3. The summed E-state index contributed by atoms with van der Waals surface area (Å²) >= 11 is 0. The number of imidazole rings is 1. The Hall–Kier alpha value is -6.27. The van der Waals surface area contributed by atoms with Crippen LogP contribution in [0.4, 0.5) is 5.82 Å². The number of amides is 1. The first-order chi connectivity index (χ1) is 25.5. The average molecular weight is 697 g/mol. The van der Waals surface area contributed by atoms with Gasteiger partial charge in [0.15, 0.2) is 23.2 Å². The second kappa shape index (κ2) is 14.9. The number of methoxy groups -OCH3 is 2. The van der Waals surface area contributed by atoms with E-state index < -0.39 is 24.0 Å². The number of aromatic nitrogens is 4. The molecule has 0 saturated carbocycles. The predicted molar refractivity (Wildman–Crippen MR) is 194 cm³/mol. The summed E-state index contributed by atoms with van der Waals surface area (Å²) in [5.41, 5.74) is 11.9. The molecule has 4 atom stereocenters. The molecule has 0 aliphatic carbocycles. The van der Waals surface area contributed by atoms with Crippen molar-refractivity contribution < 1.29 is 23.7 Å². The van der Waals surface area contributed by atoms with Crippen LogP contribution in [0.25, 0.3) is 21.6 Å². The third kappa shape index (κ3) is 6.40. The van der Waals surface area contributed by atoms with E-state index in [0.717, 1.165) is 16.7 Å². The van der Waals surface area contributed by atoms with Crippen LogP contribution in [0.5, 0.6) is 11.5 Å². The quantitative estimate of drug-likeness (QED) is 0.0603. The maximum absolute atomic E-state index is 13.1. The molecule has 7 rings (SSSR count). The van der Waals surface area contributed by atoms with E-state index in [1.807, 2.05) is 91.9 Å². The molecule has 1 fully saturated rings. The van der Waals surface area contributed by atoms with Crippen LogP contribution in [0.3, 0.4) is 0 Å². The maximum Gasteiger partial charge on any atom is 0.256 e. The maximum atomic E-state index is 13.1.